The van der Waals surface area contributed by atoms with Crippen molar-refractivity contribution in [3.05, 3.63) is 33.8 Å². The zero-order chi connectivity index (χ0) is 14.4. The van der Waals surface area contributed by atoms with Crippen molar-refractivity contribution in [1.29, 1.82) is 0 Å². The standard InChI is InChI=1S/C13H16BrNO3S/c1-8-6-9(4-5-10(8)14)12(16)15-11(7-19-3)13(17)18-2/h4-6,11H,7H2,1-3H3,(H,15,16). The van der Waals surface area contributed by atoms with E-state index in [1.165, 1.54) is 18.9 Å². The lowest BCUT2D eigenvalue weighted by Gasteiger charge is -2.15. The molecule has 1 amide bonds. The molecule has 0 bridgehead atoms. The fraction of sp³-hybridized carbons (Fsp3) is 0.385. The van der Waals surface area contributed by atoms with E-state index in [9.17, 15) is 9.59 Å². The van der Waals surface area contributed by atoms with Gasteiger partial charge in [0, 0.05) is 15.8 Å². The fourth-order valence-corrected chi connectivity index (χ4v) is 2.30. The number of benzene rings is 1. The average molecular weight is 346 g/mol. The molecule has 0 fully saturated rings. The first-order chi connectivity index (χ1) is 8.99. The molecule has 0 saturated carbocycles. The summed E-state index contributed by atoms with van der Waals surface area (Å²) in [4.78, 5) is 23.6. The van der Waals surface area contributed by atoms with Gasteiger partial charge in [-0.15, -0.1) is 0 Å². The molecule has 0 aliphatic heterocycles. The number of halogens is 1. The zero-order valence-corrected chi connectivity index (χ0v) is 13.4. The summed E-state index contributed by atoms with van der Waals surface area (Å²) in [6.45, 7) is 1.90. The van der Waals surface area contributed by atoms with Crippen LogP contribution in [-0.4, -0.2) is 37.0 Å². The Morgan fingerprint density at radius 2 is 2.16 bits per heavy atom. The van der Waals surface area contributed by atoms with Crippen LogP contribution in [0.25, 0.3) is 0 Å². The van der Waals surface area contributed by atoms with E-state index in [-0.39, 0.29) is 5.91 Å². The molecule has 1 rings (SSSR count). The molecule has 6 heteroatoms. The van der Waals surface area contributed by atoms with E-state index in [1.807, 2.05) is 19.2 Å². The van der Waals surface area contributed by atoms with Crippen molar-refractivity contribution < 1.29 is 14.3 Å². The molecule has 0 aliphatic rings. The van der Waals surface area contributed by atoms with Crippen molar-refractivity contribution in [2.45, 2.75) is 13.0 Å². The predicted molar refractivity (Wildman–Crippen MR) is 80.5 cm³/mol. The minimum atomic E-state index is -0.628. The topological polar surface area (TPSA) is 55.4 Å². The van der Waals surface area contributed by atoms with E-state index in [2.05, 4.69) is 26.0 Å². The summed E-state index contributed by atoms with van der Waals surface area (Å²) in [6, 6.07) is 4.66. The van der Waals surface area contributed by atoms with Crippen LogP contribution in [0.15, 0.2) is 22.7 Å². The molecule has 4 nitrogen and oxygen atoms in total. The Hall–Kier alpha value is -1.01. The second kappa shape index (κ2) is 7.55. The van der Waals surface area contributed by atoms with Gasteiger partial charge in [-0.2, -0.15) is 11.8 Å². The van der Waals surface area contributed by atoms with Crippen molar-refractivity contribution in [1.82, 2.24) is 5.32 Å². The third-order valence-electron chi connectivity index (χ3n) is 2.54. The summed E-state index contributed by atoms with van der Waals surface area (Å²) in [5.41, 5.74) is 1.49. The highest BCUT2D eigenvalue weighted by molar-refractivity contribution is 9.10. The zero-order valence-electron chi connectivity index (χ0n) is 11.0. The van der Waals surface area contributed by atoms with Gasteiger partial charge in [0.15, 0.2) is 0 Å². The fourth-order valence-electron chi connectivity index (χ4n) is 1.51. The van der Waals surface area contributed by atoms with Gasteiger partial charge in [0.1, 0.15) is 6.04 Å². The van der Waals surface area contributed by atoms with E-state index in [1.54, 1.807) is 12.1 Å². The van der Waals surface area contributed by atoms with Crippen molar-refractivity contribution in [2.24, 2.45) is 0 Å². The normalized spacial score (nSPS) is 11.8. The molecule has 0 aromatic heterocycles. The van der Waals surface area contributed by atoms with Gasteiger partial charge >= 0.3 is 5.97 Å². The Kier molecular flexibility index (Phi) is 6.37. The van der Waals surface area contributed by atoms with Crippen molar-refractivity contribution in [3.8, 4) is 0 Å². The largest absolute Gasteiger partial charge is 0.467 e. The van der Waals surface area contributed by atoms with E-state index in [0.29, 0.717) is 11.3 Å². The van der Waals surface area contributed by atoms with Crippen LogP contribution in [0.1, 0.15) is 15.9 Å². The summed E-state index contributed by atoms with van der Waals surface area (Å²) in [7, 11) is 1.31. The third kappa shape index (κ3) is 4.54. The molecule has 1 atom stereocenters. The van der Waals surface area contributed by atoms with E-state index in [4.69, 9.17) is 0 Å². The molecule has 0 spiro atoms. The summed E-state index contributed by atoms with van der Waals surface area (Å²) >= 11 is 4.85. The number of nitrogens with one attached hydrogen (secondary N) is 1. The van der Waals surface area contributed by atoms with Crippen LogP contribution in [0.4, 0.5) is 0 Å². The van der Waals surface area contributed by atoms with Crippen LogP contribution in [0.2, 0.25) is 0 Å². The molecular formula is C13H16BrNO3S. The van der Waals surface area contributed by atoms with Gasteiger partial charge in [-0.25, -0.2) is 4.79 Å². The SMILES string of the molecule is COC(=O)C(CSC)NC(=O)c1ccc(Br)c(C)c1. The molecule has 0 aliphatic carbocycles. The Bertz CT molecular complexity index is 479. The number of aryl methyl sites for hydroxylation is 1. The van der Waals surface area contributed by atoms with E-state index >= 15 is 0 Å². The smallest absolute Gasteiger partial charge is 0.329 e. The summed E-state index contributed by atoms with van der Waals surface area (Å²) < 4.78 is 5.61. The van der Waals surface area contributed by atoms with Gasteiger partial charge < -0.3 is 10.1 Å². The Balaban J connectivity index is 2.81. The highest BCUT2D eigenvalue weighted by Crippen LogP contribution is 2.17. The average Bonchev–Trinajstić information content (AvgIpc) is 2.40. The number of carbonyl (C=O) groups is 2. The van der Waals surface area contributed by atoms with Gasteiger partial charge in [0.25, 0.3) is 5.91 Å². The highest BCUT2D eigenvalue weighted by atomic mass is 79.9. The number of hydrogen-bond acceptors (Lipinski definition) is 4. The number of hydrogen-bond donors (Lipinski definition) is 1. The first kappa shape index (κ1) is 16.0. The molecular weight excluding hydrogens is 330 g/mol. The van der Waals surface area contributed by atoms with Gasteiger partial charge in [0.05, 0.1) is 7.11 Å². The number of methoxy groups -OCH3 is 1. The predicted octanol–water partition coefficient (Wildman–Crippen LogP) is 2.39. The number of amides is 1. The molecule has 0 heterocycles. The van der Waals surface area contributed by atoms with Crippen LogP contribution in [0.3, 0.4) is 0 Å². The van der Waals surface area contributed by atoms with Gasteiger partial charge in [-0.1, -0.05) is 15.9 Å². The van der Waals surface area contributed by atoms with E-state index < -0.39 is 12.0 Å². The lowest BCUT2D eigenvalue weighted by Crippen LogP contribution is -2.43. The van der Waals surface area contributed by atoms with Crippen molar-refractivity contribution in [3.63, 3.8) is 0 Å². The minimum absolute atomic E-state index is 0.278. The first-order valence-electron chi connectivity index (χ1n) is 5.63. The highest BCUT2D eigenvalue weighted by Gasteiger charge is 2.21. The molecule has 0 saturated heterocycles. The number of esters is 1. The maximum absolute atomic E-state index is 12.1. The number of carbonyl (C=O) groups excluding carboxylic acids is 2. The lowest BCUT2D eigenvalue weighted by atomic mass is 10.1. The minimum Gasteiger partial charge on any atom is -0.467 e. The molecule has 1 aromatic rings. The molecule has 1 unspecified atom stereocenters. The second-order valence-electron chi connectivity index (χ2n) is 3.97. The summed E-state index contributed by atoms with van der Waals surface area (Å²) in [6.07, 6.45) is 1.87. The molecule has 0 radical (unpaired) electrons. The van der Waals surface area contributed by atoms with Crippen LogP contribution in [0, 0.1) is 6.92 Å². The van der Waals surface area contributed by atoms with Crippen LogP contribution in [0.5, 0.6) is 0 Å². The van der Waals surface area contributed by atoms with Crippen LogP contribution in [-0.2, 0) is 9.53 Å². The Labute approximate surface area is 125 Å². The lowest BCUT2D eigenvalue weighted by molar-refractivity contribution is -0.142. The number of rotatable bonds is 5. The van der Waals surface area contributed by atoms with Crippen LogP contribution >= 0.6 is 27.7 Å². The monoisotopic (exact) mass is 345 g/mol. The number of ether oxygens (including phenoxy) is 1. The van der Waals surface area contributed by atoms with Gasteiger partial charge in [-0.05, 0) is 36.9 Å². The Morgan fingerprint density at radius 3 is 2.68 bits per heavy atom. The molecule has 1 N–H and O–H groups in total. The van der Waals surface area contributed by atoms with Crippen molar-refractivity contribution >= 4 is 39.6 Å². The van der Waals surface area contributed by atoms with Gasteiger partial charge in [0.2, 0.25) is 0 Å². The van der Waals surface area contributed by atoms with Gasteiger partial charge in [-0.3, -0.25) is 4.79 Å². The molecule has 1 aromatic carbocycles. The maximum Gasteiger partial charge on any atom is 0.329 e. The molecule has 104 valence electrons. The maximum atomic E-state index is 12.1. The molecule has 19 heavy (non-hydrogen) atoms. The number of thioether (sulfide) groups is 1. The Morgan fingerprint density at radius 1 is 1.47 bits per heavy atom. The first-order valence-corrected chi connectivity index (χ1v) is 7.82. The van der Waals surface area contributed by atoms with E-state index in [0.717, 1.165) is 10.0 Å². The third-order valence-corrected chi connectivity index (χ3v) is 4.10. The van der Waals surface area contributed by atoms with Crippen molar-refractivity contribution in [2.75, 3.05) is 19.1 Å². The quantitative estimate of drug-likeness (QED) is 0.832. The van der Waals surface area contributed by atoms with Crippen LogP contribution < -0.4 is 5.32 Å². The summed E-state index contributed by atoms with van der Waals surface area (Å²) in [5.74, 6) is -0.231. The second-order valence-corrected chi connectivity index (χ2v) is 5.73. The summed E-state index contributed by atoms with van der Waals surface area (Å²) in [5, 5.41) is 2.68.